The first-order valence-electron chi connectivity index (χ1n) is 5.73. The molecule has 0 radical (unpaired) electrons. The number of rotatable bonds is 5. The van der Waals surface area contributed by atoms with Gasteiger partial charge in [-0.15, -0.1) is 0 Å². The van der Waals surface area contributed by atoms with Crippen LogP contribution in [0.1, 0.15) is 31.7 Å². The molecule has 3 nitrogen and oxygen atoms in total. The molecule has 0 heterocycles. The summed E-state index contributed by atoms with van der Waals surface area (Å²) < 4.78 is 10.5. The highest BCUT2D eigenvalue weighted by atomic mass is 16.5. The minimum atomic E-state index is -0.153. The Morgan fingerprint density at radius 2 is 1.94 bits per heavy atom. The molecule has 0 spiro atoms. The van der Waals surface area contributed by atoms with Crippen molar-refractivity contribution >= 4 is 0 Å². The van der Waals surface area contributed by atoms with Crippen molar-refractivity contribution in [2.24, 2.45) is 5.92 Å². The lowest BCUT2D eigenvalue weighted by molar-refractivity contribution is 0.394. The number of benzene rings is 1. The molecule has 1 unspecified atom stereocenters. The van der Waals surface area contributed by atoms with Crippen molar-refractivity contribution in [3.63, 3.8) is 0 Å². The van der Waals surface area contributed by atoms with Crippen LogP contribution >= 0.6 is 0 Å². The van der Waals surface area contributed by atoms with E-state index in [1.807, 2.05) is 18.2 Å². The average molecular weight is 233 g/mol. The molecule has 92 valence electrons. The fraction of sp³-hybridized carbons (Fsp3) is 0.500. The highest BCUT2D eigenvalue weighted by Gasteiger charge is 2.18. The molecule has 1 rings (SSSR count). The van der Waals surface area contributed by atoms with Crippen molar-refractivity contribution in [2.75, 3.05) is 14.2 Å². The van der Waals surface area contributed by atoms with E-state index in [0.717, 1.165) is 23.5 Å². The number of hydrogen-bond donors (Lipinski definition) is 0. The van der Waals surface area contributed by atoms with Crippen LogP contribution in [-0.2, 0) is 0 Å². The molecular weight excluding hydrogens is 214 g/mol. The Morgan fingerprint density at radius 1 is 1.24 bits per heavy atom. The number of ether oxygens (including phenoxy) is 2. The number of methoxy groups -OCH3 is 2. The molecule has 3 heteroatoms. The molecule has 0 aliphatic rings. The summed E-state index contributed by atoms with van der Waals surface area (Å²) in [7, 11) is 3.24. The summed E-state index contributed by atoms with van der Waals surface area (Å²) in [6, 6.07) is 7.91. The number of hydrogen-bond acceptors (Lipinski definition) is 3. The second-order valence-corrected chi connectivity index (χ2v) is 4.42. The minimum absolute atomic E-state index is 0.153. The van der Waals surface area contributed by atoms with Crippen LogP contribution in [-0.4, -0.2) is 14.2 Å². The lowest BCUT2D eigenvalue weighted by atomic mass is 9.91. The molecule has 1 atom stereocenters. The first kappa shape index (κ1) is 13.4. The quantitative estimate of drug-likeness (QED) is 0.783. The van der Waals surface area contributed by atoms with Crippen LogP contribution in [0.4, 0.5) is 0 Å². The van der Waals surface area contributed by atoms with Crippen molar-refractivity contribution in [1.29, 1.82) is 5.26 Å². The molecular formula is C14H19NO2. The zero-order valence-corrected chi connectivity index (χ0v) is 10.9. The first-order valence-corrected chi connectivity index (χ1v) is 5.73. The van der Waals surface area contributed by atoms with Crippen LogP contribution in [0.2, 0.25) is 0 Å². The lowest BCUT2D eigenvalue weighted by Gasteiger charge is -2.16. The van der Waals surface area contributed by atoms with E-state index in [0.29, 0.717) is 5.92 Å². The fourth-order valence-electron chi connectivity index (χ4n) is 1.83. The van der Waals surface area contributed by atoms with E-state index < -0.39 is 0 Å². The summed E-state index contributed by atoms with van der Waals surface area (Å²) in [5.41, 5.74) is 0.906. The van der Waals surface area contributed by atoms with Gasteiger partial charge in [0.25, 0.3) is 0 Å². The number of nitriles is 1. The van der Waals surface area contributed by atoms with Gasteiger partial charge in [0.05, 0.1) is 26.2 Å². The summed E-state index contributed by atoms with van der Waals surface area (Å²) in [6.07, 6.45) is 0.819. The van der Waals surface area contributed by atoms with Gasteiger partial charge in [-0.25, -0.2) is 0 Å². The van der Waals surface area contributed by atoms with Crippen molar-refractivity contribution < 1.29 is 9.47 Å². The molecule has 0 bridgehead atoms. The summed E-state index contributed by atoms with van der Waals surface area (Å²) >= 11 is 0. The van der Waals surface area contributed by atoms with Crippen LogP contribution in [0.3, 0.4) is 0 Å². The molecule has 1 aromatic rings. The molecule has 0 saturated heterocycles. The first-order chi connectivity index (χ1) is 8.12. The standard InChI is InChI=1S/C14H19NO2/c1-10(2)7-11(9-15)13-8-12(16-3)5-6-14(13)17-4/h5-6,8,10-11H,7H2,1-4H3. The second kappa shape index (κ2) is 6.15. The van der Waals surface area contributed by atoms with Gasteiger partial charge in [-0.2, -0.15) is 5.26 Å². The van der Waals surface area contributed by atoms with Gasteiger partial charge in [0, 0.05) is 5.56 Å². The van der Waals surface area contributed by atoms with E-state index in [9.17, 15) is 5.26 Å². The van der Waals surface area contributed by atoms with Gasteiger partial charge in [-0.3, -0.25) is 0 Å². The highest BCUT2D eigenvalue weighted by Crippen LogP contribution is 2.33. The van der Waals surface area contributed by atoms with Gasteiger partial charge in [0.2, 0.25) is 0 Å². The third kappa shape index (κ3) is 3.39. The predicted molar refractivity (Wildman–Crippen MR) is 67.4 cm³/mol. The smallest absolute Gasteiger partial charge is 0.123 e. The van der Waals surface area contributed by atoms with Crippen LogP contribution in [0.25, 0.3) is 0 Å². The van der Waals surface area contributed by atoms with E-state index in [1.54, 1.807) is 14.2 Å². The molecule has 17 heavy (non-hydrogen) atoms. The van der Waals surface area contributed by atoms with Crippen molar-refractivity contribution in [3.05, 3.63) is 23.8 Å². The zero-order chi connectivity index (χ0) is 12.8. The van der Waals surface area contributed by atoms with Crippen LogP contribution in [0.15, 0.2) is 18.2 Å². The fourth-order valence-corrected chi connectivity index (χ4v) is 1.83. The van der Waals surface area contributed by atoms with Gasteiger partial charge < -0.3 is 9.47 Å². The summed E-state index contributed by atoms with van der Waals surface area (Å²) in [6.45, 7) is 4.22. The van der Waals surface area contributed by atoms with Crippen LogP contribution in [0, 0.1) is 17.2 Å². The maximum absolute atomic E-state index is 9.27. The van der Waals surface area contributed by atoms with E-state index in [-0.39, 0.29) is 5.92 Å². The van der Waals surface area contributed by atoms with E-state index in [1.165, 1.54) is 0 Å². The Kier molecular flexibility index (Phi) is 4.84. The van der Waals surface area contributed by atoms with E-state index in [2.05, 4.69) is 19.9 Å². The van der Waals surface area contributed by atoms with Gasteiger partial charge in [-0.1, -0.05) is 13.8 Å². The van der Waals surface area contributed by atoms with Gasteiger partial charge in [-0.05, 0) is 30.5 Å². The Hall–Kier alpha value is -1.69. The molecule has 0 fully saturated rings. The normalized spacial score (nSPS) is 12.0. The van der Waals surface area contributed by atoms with Gasteiger partial charge in [0.15, 0.2) is 0 Å². The summed E-state index contributed by atoms with van der Waals surface area (Å²) in [4.78, 5) is 0. The third-order valence-electron chi connectivity index (χ3n) is 2.68. The average Bonchev–Trinajstić information content (AvgIpc) is 2.34. The van der Waals surface area contributed by atoms with E-state index >= 15 is 0 Å². The van der Waals surface area contributed by atoms with Crippen LogP contribution in [0.5, 0.6) is 11.5 Å². The zero-order valence-electron chi connectivity index (χ0n) is 10.9. The monoisotopic (exact) mass is 233 g/mol. The molecule has 0 aromatic heterocycles. The van der Waals surface area contributed by atoms with E-state index in [4.69, 9.17) is 9.47 Å². The lowest BCUT2D eigenvalue weighted by Crippen LogP contribution is -2.03. The Balaban J connectivity index is 3.11. The third-order valence-corrected chi connectivity index (χ3v) is 2.68. The molecule has 0 saturated carbocycles. The summed E-state index contributed by atoms with van der Waals surface area (Å²) in [5, 5.41) is 9.27. The van der Waals surface area contributed by atoms with Gasteiger partial charge in [0.1, 0.15) is 11.5 Å². The molecule has 0 aliphatic heterocycles. The predicted octanol–water partition coefficient (Wildman–Crippen LogP) is 3.36. The molecule has 0 aliphatic carbocycles. The Morgan fingerprint density at radius 3 is 2.41 bits per heavy atom. The maximum atomic E-state index is 9.27. The van der Waals surface area contributed by atoms with Crippen molar-refractivity contribution in [2.45, 2.75) is 26.2 Å². The second-order valence-electron chi connectivity index (χ2n) is 4.42. The Bertz CT molecular complexity index is 407. The van der Waals surface area contributed by atoms with Crippen molar-refractivity contribution in [3.8, 4) is 17.6 Å². The highest BCUT2D eigenvalue weighted by molar-refractivity contribution is 5.44. The minimum Gasteiger partial charge on any atom is -0.497 e. The largest absolute Gasteiger partial charge is 0.497 e. The van der Waals surface area contributed by atoms with Crippen molar-refractivity contribution in [1.82, 2.24) is 0 Å². The topological polar surface area (TPSA) is 42.2 Å². The Labute approximate surface area is 103 Å². The molecule has 0 amide bonds. The van der Waals surface area contributed by atoms with Gasteiger partial charge >= 0.3 is 0 Å². The maximum Gasteiger partial charge on any atom is 0.123 e. The number of nitrogens with zero attached hydrogens (tertiary/aromatic N) is 1. The van der Waals surface area contributed by atoms with Crippen LogP contribution < -0.4 is 9.47 Å². The summed E-state index contributed by atoms with van der Waals surface area (Å²) in [5.74, 6) is 1.82. The molecule has 0 N–H and O–H groups in total. The molecule has 1 aromatic carbocycles. The SMILES string of the molecule is COc1ccc(OC)c(C(C#N)CC(C)C)c1.